The number of thiazole rings is 1. The Morgan fingerprint density at radius 3 is 2.85 bits per heavy atom. The summed E-state index contributed by atoms with van der Waals surface area (Å²) in [6.45, 7) is 2.00. The Balaban J connectivity index is 0.000000845. The van der Waals surface area contributed by atoms with Crippen molar-refractivity contribution in [2.75, 3.05) is 7.11 Å². The van der Waals surface area contributed by atoms with E-state index in [9.17, 15) is 0 Å². The summed E-state index contributed by atoms with van der Waals surface area (Å²) in [7, 11) is 1.67. The molecule has 0 saturated heterocycles. The zero-order chi connectivity index (χ0) is 8.55. The number of aromatic nitrogens is 1. The van der Waals surface area contributed by atoms with Crippen molar-refractivity contribution in [3.63, 3.8) is 0 Å². The molecule has 0 radical (unpaired) electrons. The molecule has 1 heterocycles. The predicted octanol–water partition coefficient (Wildman–Crippen LogP) is 3.04. The first kappa shape index (κ1) is 10.3. The Bertz CT molecular complexity index is 413. The van der Waals surface area contributed by atoms with Crippen LogP contribution in [0.3, 0.4) is 0 Å². The van der Waals surface area contributed by atoms with Gasteiger partial charge in [-0.05, 0) is 19.1 Å². The smallest absolute Gasteiger partial charge is 0.145 e. The van der Waals surface area contributed by atoms with Crippen LogP contribution in [0.2, 0.25) is 0 Å². The van der Waals surface area contributed by atoms with E-state index in [0.29, 0.717) is 0 Å². The summed E-state index contributed by atoms with van der Waals surface area (Å²) < 4.78 is 6.37. The summed E-state index contributed by atoms with van der Waals surface area (Å²) in [6.07, 6.45) is 0. The minimum absolute atomic E-state index is 0. The quantitative estimate of drug-likeness (QED) is 0.730. The third kappa shape index (κ3) is 1.76. The van der Waals surface area contributed by atoms with E-state index in [1.807, 2.05) is 19.1 Å². The summed E-state index contributed by atoms with van der Waals surface area (Å²) in [4.78, 5) is 4.38. The monoisotopic (exact) mass is 215 g/mol. The highest BCUT2D eigenvalue weighted by atomic mass is 35.5. The first-order valence-electron chi connectivity index (χ1n) is 3.71. The van der Waals surface area contributed by atoms with Crippen LogP contribution in [0.5, 0.6) is 5.75 Å². The Morgan fingerprint density at radius 1 is 1.38 bits per heavy atom. The number of benzene rings is 1. The number of aryl methyl sites for hydroxylation is 1. The van der Waals surface area contributed by atoms with Crippen molar-refractivity contribution < 1.29 is 4.74 Å². The lowest BCUT2D eigenvalue weighted by Gasteiger charge is -1.97. The normalized spacial score (nSPS) is 9.69. The van der Waals surface area contributed by atoms with Gasteiger partial charge in [-0.15, -0.1) is 23.7 Å². The molecule has 1 aromatic carbocycles. The number of methoxy groups -OCH3 is 1. The molecule has 4 heteroatoms. The van der Waals surface area contributed by atoms with Gasteiger partial charge in [0.25, 0.3) is 0 Å². The third-order valence-corrected chi connectivity index (χ3v) is 2.64. The molecule has 0 amide bonds. The number of nitrogens with zero attached hydrogens (tertiary/aromatic N) is 1. The molecule has 0 aliphatic heterocycles. The largest absolute Gasteiger partial charge is 0.494 e. The van der Waals surface area contributed by atoms with Crippen LogP contribution in [0.15, 0.2) is 18.2 Å². The van der Waals surface area contributed by atoms with Gasteiger partial charge in [-0.1, -0.05) is 6.07 Å². The number of fused-ring (bicyclic) bond motifs is 1. The topological polar surface area (TPSA) is 22.1 Å². The van der Waals surface area contributed by atoms with Crippen molar-refractivity contribution in [1.29, 1.82) is 0 Å². The second-order valence-electron chi connectivity index (χ2n) is 2.54. The number of ether oxygens (including phenoxy) is 1. The SMILES string of the molecule is COc1cccc2sc(C)nc12.Cl. The van der Waals surface area contributed by atoms with E-state index in [0.717, 1.165) is 16.3 Å². The Hall–Kier alpha value is -0.800. The van der Waals surface area contributed by atoms with E-state index >= 15 is 0 Å². The molecular weight excluding hydrogens is 206 g/mol. The lowest BCUT2D eigenvalue weighted by Crippen LogP contribution is -1.83. The molecule has 0 fully saturated rings. The van der Waals surface area contributed by atoms with Crippen molar-refractivity contribution in [3.05, 3.63) is 23.2 Å². The number of hydrogen-bond donors (Lipinski definition) is 0. The molecule has 0 unspecified atom stereocenters. The Morgan fingerprint density at radius 2 is 2.15 bits per heavy atom. The van der Waals surface area contributed by atoms with E-state index in [2.05, 4.69) is 11.1 Å². The van der Waals surface area contributed by atoms with Crippen LogP contribution in [0.1, 0.15) is 5.01 Å². The molecule has 2 aromatic rings. The van der Waals surface area contributed by atoms with E-state index in [-0.39, 0.29) is 12.4 Å². The van der Waals surface area contributed by atoms with Gasteiger partial charge in [0.05, 0.1) is 16.8 Å². The summed E-state index contributed by atoms with van der Waals surface area (Å²) in [5.74, 6) is 0.858. The Kier molecular flexibility index (Phi) is 3.12. The molecule has 0 spiro atoms. The first-order chi connectivity index (χ1) is 5.81. The van der Waals surface area contributed by atoms with Crippen molar-refractivity contribution in [2.24, 2.45) is 0 Å². The van der Waals surface area contributed by atoms with E-state index < -0.39 is 0 Å². The second kappa shape index (κ2) is 3.94. The fraction of sp³-hybridized carbons (Fsp3) is 0.222. The molecule has 2 rings (SSSR count). The van der Waals surface area contributed by atoms with Crippen LogP contribution >= 0.6 is 23.7 Å². The maximum absolute atomic E-state index is 5.18. The van der Waals surface area contributed by atoms with Gasteiger partial charge in [-0.25, -0.2) is 4.98 Å². The van der Waals surface area contributed by atoms with E-state index in [1.54, 1.807) is 18.4 Å². The van der Waals surface area contributed by atoms with Gasteiger partial charge >= 0.3 is 0 Å². The van der Waals surface area contributed by atoms with Gasteiger partial charge in [0, 0.05) is 0 Å². The van der Waals surface area contributed by atoms with Gasteiger partial charge in [0.2, 0.25) is 0 Å². The molecule has 0 N–H and O–H groups in total. The van der Waals surface area contributed by atoms with Crippen molar-refractivity contribution in [2.45, 2.75) is 6.92 Å². The first-order valence-corrected chi connectivity index (χ1v) is 4.53. The average Bonchev–Trinajstić information content (AvgIpc) is 2.44. The fourth-order valence-electron chi connectivity index (χ4n) is 1.20. The number of hydrogen-bond acceptors (Lipinski definition) is 3. The zero-order valence-corrected chi connectivity index (χ0v) is 9.04. The van der Waals surface area contributed by atoms with Crippen LogP contribution in [0.25, 0.3) is 10.2 Å². The van der Waals surface area contributed by atoms with Crippen molar-refractivity contribution in [3.8, 4) is 5.75 Å². The fourth-order valence-corrected chi connectivity index (χ4v) is 2.04. The molecule has 0 atom stereocenters. The Labute approximate surface area is 87.0 Å². The molecule has 1 aromatic heterocycles. The number of para-hydroxylation sites is 1. The summed E-state index contributed by atoms with van der Waals surface area (Å²) in [5.41, 5.74) is 0.975. The van der Waals surface area contributed by atoms with Crippen LogP contribution in [0.4, 0.5) is 0 Å². The van der Waals surface area contributed by atoms with Crippen molar-refractivity contribution in [1.82, 2.24) is 4.98 Å². The van der Waals surface area contributed by atoms with Gasteiger partial charge in [0.15, 0.2) is 0 Å². The van der Waals surface area contributed by atoms with E-state index in [4.69, 9.17) is 4.74 Å². The molecule has 2 nitrogen and oxygen atoms in total. The maximum Gasteiger partial charge on any atom is 0.145 e. The van der Waals surface area contributed by atoms with Crippen molar-refractivity contribution >= 4 is 34.0 Å². The van der Waals surface area contributed by atoms with Crippen LogP contribution < -0.4 is 4.74 Å². The van der Waals surface area contributed by atoms with E-state index in [1.165, 1.54) is 4.70 Å². The van der Waals surface area contributed by atoms with Gasteiger partial charge in [-0.3, -0.25) is 0 Å². The van der Waals surface area contributed by atoms with Gasteiger partial charge in [-0.2, -0.15) is 0 Å². The highest BCUT2D eigenvalue weighted by Crippen LogP contribution is 2.28. The average molecular weight is 216 g/mol. The number of rotatable bonds is 1. The van der Waals surface area contributed by atoms with Gasteiger partial charge in [0.1, 0.15) is 11.3 Å². The molecule has 0 bridgehead atoms. The molecule has 70 valence electrons. The second-order valence-corrected chi connectivity index (χ2v) is 3.77. The highest BCUT2D eigenvalue weighted by molar-refractivity contribution is 7.18. The molecule has 0 aliphatic rings. The predicted molar refractivity (Wildman–Crippen MR) is 58.2 cm³/mol. The van der Waals surface area contributed by atoms with Gasteiger partial charge < -0.3 is 4.74 Å². The summed E-state index contributed by atoms with van der Waals surface area (Å²) in [5, 5.41) is 1.08. The third-order valence-electron chi connectivity index (χ3n) is 1.71. The van der Waals surface area contributed by atoms with Crippen LogP contribution in [-0.2, 0) is 0 Å². The minimum atomic E-state index is 0. The minimum Gasteiger partial charge on any atom is -0.494 e. The summed E-state index contributed by atoms with van der Waals surface area (Å²) >= 11 is 1.69. The molecule has 13 heavy (non-hydrogen) atoms. The zero-order valence-electron chi connectivity index (χ0n) is 7.40. The molecule has 0 aliphatic carbocycles. The highest BCUT2D eigenvalue weighted by Gasteiger charge is 2.04. The molecule has 0 saturated carbocycles. The lowest BCUT2D eigenvalue weighted by atomic mass is 10.3. The number of halogens is 1. The summed E-state index contributed by atoms with van der Waals surface area (Å²) in [6, 6.07) is 5.98. The maximum atomic E-state index is 5.18. The molecular formula is C9H10ClNOS. The lowest BCUT2D eigenvalue weighted by molar-refractivity contribution is 0.419. The van der Waals surface area contributed by atoms with Crippen LogP contribution in [0, 0.1) is 6.92 Å². The standard InChI is InChI=1S/C9H9NOS.ClH/c1-6-10-9-7(11-2)4-3-5-8(9)12-6;/h3-5H,1-2H3;1H. The van der Waals surface area contributed by atoms with Crippen LogP contribution in [-0.4, -0.2) is 12.1 Å².